The van der Waals surface area contributed by atoms with Crippen LogP contribution in [0.5, 0.6) is 17.2 Å². The summed E-state index contributed by atoms with van der Waals surface area (Å²) in [5, 5.41) is 5.91. The molecule has 168 valence electrons. The van der Waals surface area contributed by atoms with Gasteiger partial charge >= 0.3 is 0 Å². The van der Waals surface area contributed by atoms with Gasteiger partial charge in [0.05, 0.1) is 4.47 Å². The van der Waals surface area contributed by atoms with Crippen LogP contribution in [0.25, 0.3) is 10.8 Å². The van der Waals surface area contributed by atoms with Crippen LogP contribution >= 0.6 is 15.9 Å². The molecule has 0 aliphatic rings. The van der Waals surface area contributed by atoms with E-state index in [2.05, 4.69) is 75.8 Å². The largest absolute Gasteiger partial charge is 0.488 e. The average molecular weight is 510 g/mol. The number of anilines is 1. The van der Waals surface area contributed by atoms with Gasteiger partial charge in [-0.2, -0.15) is 0 Å². The van der Waals surface area contributed by atoms with E-state index in [1.807, 2.05) is 60.7 Å². The summed E-state index contributed by atoms with van der Waals surface area (Å²) in [5.74, 6) is 2.47. The molecule has 0 aliphatic carbocycles. The molecule has 0 saturated heterocycles. The van der Waals surface area contributed by atoms with Crippen molar-refractivity contribution in [1.29, 1.82) is 0 Å². The normalized spacial score (nSPS) is 10.7. The summed E-state index contributed by atoms with van der Waals surface area (Å²) >= 11 is 3.67. The molecular formula is C30H24BrNO2. The van der Waals surface area contributed by atoms with E-state index in [1.54, 1.807) is 0 Å². The predicted octanol–water partition coefficient (Wildman–Crippen LogP) is 8.59. The van der Waals surface area contributed by atoms with Gasteiger partial charge in [-0.25, -0.2) is 0 Å². The van der Waals surface area contributed by atoms with E-state index >= 15 is 0 Å². The molecule has 3 nitrogen and oxygen atoms in total. The maximum Gasteiger partial charge on any atom is 0.134 e. The standard InChI is InChI=1S/C30H24BrNO2/c31-29-19-22(20-32-25-14-16-27(17-15-25)34-26-10-2-1-3-11-26)13-18-30(29)33-21-24-9-6-8-23-7-4-5-12-28(23)24/h1-19,32H,20-21H2. The van der Waals surface area contributed by atoms with Crippen LogP contribution in [0.1, 0.15) is 11.1 Å². The summed E-state index contributed by atoms with van der Waals surface area (Å²) < 4.78 is 12.9. The highest BCUT2D eigenvalue weighted by Gasteiger charge is 2.06. The number of halogens is 1. The third kappa shape index (κ3) is 5.41. The van der Waals surface area contributed by atoms with Gasteiger partial charge in [0.25, 0.3) is 0 Å². The lowest BCUT2D eigenvalue weighted by Gasteiger charge is -2.13. The number of ether oxygens (including phenoxy) is 2. The van der Waals surface area contributed by atoms with Gasteiger partial charge < -0.3 is 14.8 Å². The first kappa shape index (κ1) is 22.1. The number of rotatable bonds is 8. The van der Waals surface area contributed by atoms with Crippen molar-refractivity contribution in [2.24, 2.45) is 0 Å². The van der Waals surface area contributed by atoms with E-state index < -0.39 is 0 Å². The number of hydrogen-bond donors (Lipinski definition) is 1. The van der Waals surface area contributed by atoms with Crippen molar-refractivity contribution in [3.8, 4) is 17.2 Å². The first-order valence-corrected chi connectivity index (χ1v) is 12.0. The van der Waals surface area contributed by atoms with Crippen molar-refractivity contribution in [3.05, 3.63) is 131 Å². The lowest BCUT2D eigenvalue weighted by atomic mass is 10.1. The lowest BCUT2D eigenvalue weighted by Crippen LogP contribution is -2.01. The average Bonchev–Trinajstić information content (AvgIpc) is 2.88. The second-order valence-corrected chi connectivity index (χ2v) is 8.84. The fourth-order valence-electron chi connectivity index (χ4n) is 3.81. The lowest BCUT2D eigenvalue weighted by molar-refractivity contribution is 0.305. The minimum atomic E-state index is 0.523. The zero-order valence-corrected chi connectivity index (χ0v) is 20.2. The summed E-state index contributed by atoms with van der Waals surface area (Å²) in [4.78, 5) is 0. The highest BCUT2D eigenvalue weighted by molar-refractivity contribution is 9.10. The van der Waals surface area contributed by atoms with Crippen molar-refractivity contribution in [1.82, 2.24) is 0 Å². The molecule has 0 bridgehead atoms. The van der Waals surface area contributed by atoms with Crippen LogP contribution in [-0.2, 0) is 13.2 Å². The van der Waals surface area contributed by atoms with E-state index in [1.165, 1.54) is 16.3 Å². The predicted molar refractivity (Wildman–Crippen MR) is 143 cm³/mol. The Labute approximate surface area is 208 Å². The Kier molecular flexibility index (Phi) is 6.78. The molecule has 0 fully saturated rings. The topological polar surface area (TPSA) is 30.5 Å². The Morgan fingerprint density at radius 2 is 1.41 bits per heavy atom. The van der Waals surface area contributed by atoms with Crippen LogP contribution in [0.15, 0.2) is 120 Å². The number of para-hydroxylation sites is 1. The second-order valence-electron chi connectivity index (χ2n) is 7.98. The van der Waals surface area contributed by atoms with Crippen molar-refractivity contribution in [2.45, 2.75) is 13.2 Å². The SMILES string of the molecule is Brc1cc(CNc2ccc(Oc3ccccc3)cc2)ccc1OCc1cccc2ccccc12. The van der Waals surface area contributed by atoms with Gasteiger partial charge in [0.15, 0.2) is 0 Å². The summed E-state index contributed by atoms with van der Waals surface area (Å²) in [6.07, 6.45) is 0. The molecule has 5 rings (SSSR count). The molecule has 0 aromatic heterocycles. The third-order valence-corrected chi connectivity index (χ3v) is 6.21. The van der Waals surface area contributed by atoms with E-state index in [0.717, 1.165) is 33.0 Å². The quantitative estimate of drug-likeness (QED) is 0.227. The Morgan fingerprint density at radius 1 is 0.676 bits per heavy atom. The van der Waals surface area contributed by atoms with Gasteiger partial charge in [-0.15, -0.1) is 0 Å². The van der Waals surface area contributed by atoms with Crippen molar-refractivity contribution in [3.63, 3.8) is 0 Å². The maximum absolute atomic E-state index is 6.13. The van der Waals surface area contributed by atoms with E-state index in [9.17, 15) is 0 Å². The third-order valence-electron chi connectivity index (χ3n) is 5.59. The first-order valence-electron chi connectivity index (χ1n) is 11.2. The molecule has 0 radical (unpaired) electrons. The smallest absolute Gasteiger partial charge is 0.134 e. The van der Waals surface area contributed by atoms with Gasteiger partial charge in [-0.1, -0.05) is 66.7 Å². The van der Waals surface area contributed by atoms with E-state index in [0.29, 0.717) is 13.2 Å². The maximum atomic E-state index is 6.13. The second kappa shape index (κ2) is 10.4. The molecule has 0 unspecified atom stereocenters. The fourth-order valence-corrected chi connectivity index (χ4v) is 4.36. The molecule has 4 heteroatoms. The molecule has 5 aromatic rings. The van der Waals surface area contributed by atoms with E-state index in [-0.39, 0.29) is 0 Å². The minimum absolute atomic E-state index is 0.523. The van der Waals surface area contributed by atoms with Gasteiger partial charge in [0.2, 0.25) is 0 Å². The van der Waals surface area contributed by atoms with Crippen molar-refractivity contribution >= 4 is 32.4 Å². The van der Waals surface area contributed by atoms with Crippen LogP contribution in [0.4, 0.5) is 5.69 Å². The van der Waals surface area contributed by atoms with Gasteiger partial charge in [0.1, 0.15) is 23.9 Å². The number of nitrogens with one attached hydrogen (secondary N) is 1. The van der Waals surface area contributed by atoms with Gasteiger partial charge in [-0.3, -0.25) is 0 Å². The summed E-state index contributed by atoms with van der Waals surface area (Å²) in [7, 11) is 0. The fraction of sp³-hybridized carbons (Fsp3) is 0.0667. The Hall–Kier alpha value is -3.76. The van der Waals surface area contributed by atoms with Crippen LogP contribution in [0.2, 0.25) is 0 Å². The van der Waals surface area contributed by atoms with Crippen LogP contribution in [0.3, 0.4) is 0 Å². The molecule has 34 heavy (non-hydrogen) atoms. The van der Waals surface area contributed by atoms with Gasteiger partial charge in [0, 0.05) is 12.2 Å². The monoisotopic (exact) mass is 509 g/mol. The molecule has 5 aromatic carbocycles. The van der Waals surface area contributed by atoms with E-state index in [4.69, 9.17) is 9.47 Å². The molecule has 0 amide bonds. The van der Waals surface area contributed by atoms with Crippen molar-refractivity contribution < 1.29 is 9.47 Å². The molecule has 0 heterocycles. The zero-order chi connectivity index (χ0) is 23.2. The Balaban J connectivity index is 1.18. The summed E-state index contributed by atoms with van der Waals surface area (Å²) in [6, 6.07) is 38.7. The zero-order valence-electron chi connectivity index (χ0n) is 18.6. The number of benzene rings is 5. The number of hydrogen-bond acceptors (Lipinski definition) is 3. The highest BCUT2D eigenvalue weighted by atomic mass is 79.9. The van der Waals surface area contributed by atoms with Crippen molar-refractivity contribution in [2.75, 3.05) is 5.32 Å². The van der Waals surface area contributed by atoms with Crippen LogP contribution in [-0.4, -0.2) is 0 Å². The Morgan fingerprint density at radius 3 is 2.24 bits per heavy atom. The van der Waals surface area contributed by atoms with Crippen LogP contribution in [0, 0.1) is 0 Å². The minimum Gasteiger partial charge on any atom is -0.488 e. The highest BCUT2D eigenvalue weighted by Crippen LogP contribution is 2.29. The molecule has 1 N–H and O–H groups in total. The first-order chi connectivity index (χ1) is 16.7. The Bertz CT molecular complexity index is 1380. The number of fused-ring (bicyclic) bond motifs is 1. The summed E-state index contributed by atoms with van der Waals surface area (Å²) in [6.45, 7) is 1.23. The molecule has 0 saturated carbocycles. The van der Waals surface area contributed by atoms with Gasteiger partial charge in [-0.05, 0) is 86.4 Å². The molecule has 0 aliphatic heterocycles. The molecular weight excluding hydrogens is 486 g/mol. The molecule has 0 atom stereocenters. The van der Waals surface area contributed by atoms with Crippen LogP contribution < -0.4 is 14.8 Å². The molecule has 0 spiro atoms. The summed E-state index contributed by atoms with van der Waals surface area (Å²) in [5.41, 5.74) is 3.37.